The number of nitrogens with two attached hydrogens (primary N) is 1. The summed E-state index contributed by atoms with van der Waals surface area (Å²) in [6, 6.07) is 15.4. The van der Waals surface area contributed by atoms with Gasteiger partial charge in [0, 0.05) is 0 Å². The van der Waals surface area contributed by atoms with E-state index in [4.69, 9.17) is 5.73 Å². The Morgan fingerprint density at radius 1 is 0.941 bits per heavy atom. The summed E-state index contributed by atoms with van der Waals surface area (Å²) in [6.45, 7) is 0.774. The van der Waals surface area contributed by atoms with Gasteiger partial charge in [-0.25, -0.2) is 0 Å². The summed E-state index contributed by atoms with van der Waals surface area (Å²) in [5.74, 6) is 0. The van der Waals surface area contributed by atoms with Crippen molar-refractivity contribution in [1.29, 1.82) is 0 Å². The second-order valence-electron chi connectivity index (χ2n) is 4.67. The molecule has 0 saturated carbocycles. The fourth-order valence-electron chi connectivity index (χ4n) is 2.75. The van der Waals surface area contributed by atoms with Crippen LogP contribution in [0.15, 0.2) is 42.5 Å². The molecule has 86 valence electrons. The highest BCUT2D eigenvalue weighted by atomic mass is 14.5. The first-order valence-electron chi connectivity index (χ1n) is 6.29. The molecule has 17 heavy (non-hydrogen) atoms. The zero-order chi connectivity index (χ0) is 11.7. The summed E-state index contributed by atoms with van der Waals surface area (Å²) in [4.78, 5) is 0. The SMILES string of the molecule is NCCCc1cccc2c1Cc1ccccc1-2. The van der Waals surface area contributed by atoms with Crippen molar-refractivity contribution in [3.8, 4) is 11.1 Å². The van der Waals surface area contributed by atoms with Gasteiger partial charge in [0.15, 0.2) is 0 Å². The highest BCUT2D eigenvalue weighted by Crippen LogP contribution is 2.38. The molecule has 2 aromatic rings. The van der Waals surface area contributed by atoms with Gasteiger partial charge >= 0.3 is 0 Å². The van der Waals surface area contributed by atoms with E-state index in [0.717, 1.165) is 25.8 Å². The summed E-state index contributed by atoms with van der Waals surface area (Å²) in [6.07, 6.45) is 3.27. The molecule has 1 aliphatic rings. The van der Waals surface area contributed by atoms with Crippen LogP contribution in [0, 0.1) is 0 Å². The maximum absolute atomic E-state index is 5.61. The Morgan fingerprint density at radius 2 is 1.76 bits per heavy atom. The molecule has 2 aromatic carbocycles. The lowest BCUT2D eigenvalue weighted by atomic mass is 9.98. The van der Waals surface area contributed by atoms with Gasteiger partial charge in [0.25, 0.3) is 0 Å². The van der Waals surface area contributed by atoms with Crippen molar-refractivity contribution in [2.75, 3.05) is 6.54 Å². The Labute approximate surface area is 102 Å². The molecule has 0 aromatic heterocycles. The number of benzene rings is 2. The van der Waals surface area contributed by atoms with Gasteiger partial charge in [0.05, 0.1) is 0 Å². The van der Waals surface area contributed by atoms with Gasteiger partial charge in [0.2, 0.25) is 0 Å². The van der Waals surface area contributed by atoms with E-state index in [9.17, 15) is 0 Å². The third-order valence-electron chi connectivity index (χ3n) is 3.60. The zero-order valence-electron chi connectivity index (χ0n) is 9.95. The van der Waals surface area contributed by atoms with E-state index in [0.29, 0.717) is 0 Å². The molecule has 0 aliphatic heterocycles. The van der Waals surface area contributed by atoms with Crippen molar-refractivity contribution in [2.24, 2.45) is 5.73 Å². The lowest BCUT2D eigenvalue weighted by molar-refractivity contribution is 0.826. The number of hydrogen-bond donors (Lipinski definition) is 1. The first kappa shape index (κ1) is 10.5. The molecule has 0 heterocycles. The number of rotatable bonds is 3. The monoisotopic (exact) mass is 223 g/mol. The average Bonchev–Trinajstić information content (AvgIpc) is 2.75. The van der Waals surface area contributed by atoms with E-state index in [1.165, 1.54) is 27.8 Å². The average molecular weight is 223 g/mol. The minimum Gasteiger partial charge on any atom is -0.330 e. The molecule has 1 nitrogen and oxygen atoms in total. The molecule has 0 bridgehead atoms. The van der Waals surface area contributed by atoms with Crippen LogP contribution in [0.25, 0.3) is 11.1 Å². The van der Waals surface area contributed by atoms with Crippen LogP contribution in [0.1, 0.15) is 23.1 Å². The van der Waals surface area contributed by atoms with Gasteiger partial charge in [-0.15, -0.1) is 0 Å². The second kappa shape index (κ2) is 4.34. The molecular formula is C16H17N. The Balaban J connectivity index is 2.05. The van der Waals surface area contributed by atoms with Crippen molar-refractivity contribution in [2.45, 2.75) is 19.3 Å². The van der Waals surface area contributed by atoms with Gasteiger partial charge in [-0.05, 0) is 53.6 Å². The molecule has 0 radical (unpaired) electrons. The van der Waals surface area contributed by atoms with E-state index in [-0.39, 0.29) is 0 Å². The van der Waals surface area contributed by atoms with E-state index in [1.807, 2.05) is 0 Å². The van der Waals surface area contributed by atoms with Crippen molar-refractivity contribution in [3.63, 3.8) is 0 Å². The predicted octanol–water partition coefficient (Wildman–Crippen LogP) is 3.15. The number of fused-ring (bicyclic) bond motifs is 3. The van der Waals surface area contributed by atoms with Crippen LogP contribution >= 0.6 is 0 Å². The smallest absolute Gasteiger partial charge is 0.00107 e. The quantitative estimate of drug-likeness (QED) is 0.725. The predicted molar refractivity (Wildman–Crippen MR) is 72.1 cm³/mol. The second-order valence-corrected chi connectivity index (χ2v) is 4.67. The van der Waals surface area contributed by atoms with E-state index in [1.54, 1.807) is 0 Å². The largest absolute Gasteiger partial charge is 0.330 e. The van der Waals surface area contributed by atoms with E-state index < -0.39 is 0 Å². The van der Waals surface area contributed by atoms with E-state index >= 15 is 0 Å². The normalized spacial score (nSPS) is 12.3. The van der Waals surface area contributed by atoms with Gasteiger partial charge in [-0.3, -0.25) is 0 Å². The molecule has 0 fully saturated rings. The molecule has 3 rings (SSSR count). The van der Waals surface area contributed by atoms with Crippen LogP contribution < -0.4 is 5.73 Å². The third kappa shape index (κ3) is 1.77. The summed E-state index contributed by atoms with van der Waals surface area (Å²) in [7, 11) is 0. The van der Waals surface area contributed by atoms with Gasteiger partial charge < -0.3 is 5.73 Å². The maximum atomic E-state index is 5.61. The fourth-order valence-corrected chi connectivity index (χ4v) is 2.75. The summed E-state index contributed by atoms with van der Waals surface area (Å²) >= 11 is 0. The van der Waals surface area contributed by atoms with Gasteiger partial charge in [0.1, 0.15) is 0 Å². The standard InChI is InChI=1S/C16H17N/c17-10-4-7-12-6-3-9-15-14-8-2-1-5-13(14)11-16(12)15/h1-3,5-6,8-9H,4,7,10-11,17H2. The van der Waals surface area contributed by atoms with Crippen LogP contribution in [0.2, 0.25) is 0 Å². The molecule has 0 atom stereocenters. The Morgan fingerprint density at radius 3 is 2.65 bits per heavy atom. The first-order valence-corrected chi connectivity index (χ1v) is 6.29. The van der Waals surface area contributed by atoms with Gasteiger partial charge in [-0.1, -0.05) is 42.5 Å². The molecule has 0 amide bonds. The number of hydrogen-bond acceptors (Lipinski definition) is 1. The lowest BCUT2D eigenvalue weighted by Gasteiger charge is -2.07. The molecule has 1 heteroatoms. The van der Waals surface area contributed by atoms with Crippen LogP contribution in [0.3, 0.4) is 0 Å². The Bertz CT molecular complexity index is 543. The molecule has 1 aliphatic carbocycles. The third-order valence-corrected chi connectivity index (χ3v) is 3.60. The topological polar surface area (TPSA) is 26.0 Å². The lowest BCUT2D eigenvalue weighted by Crippen LogP contribution is -2.02. The highest BCUT2D eigenvalue weighted by Gasteiger charge is 2.19. The van der Waals surface area contributed by atoms with Crippen molar-refractivity contribution in [1.82, 2.24) is 0 Å². The molecular weight excluding hydrogens is 206 g/mol. The molecule has 2 N–H and O–H groups in total. The van der Waals surface area contributed by atoms with Crippen LogP contribution in [-0.4, -0.2) is 6.54 Å². The minimum absolute atomic E-state index is 0.774. The van der Waals surface area contributed by atoms with Gasteiger partial charge in [-0.2, -0.15) is 0 Å². The Hall–Kier alpha value is -1.60. The van der Waals surface area contributed by atoms with Crippen LogP contribution in [0.5, 0.6) is 0 Å². The van der Waals surface area contributed by atoms with Crippen molar-refractivity contribution in [3.05, 3.63) is 59.2 Å². The van der Waals surface area contributed by atoms with Crippen molar-refractivity contribution >= 4 is 0 Å². The Kier molecular flexibility index (Phi) is 2.69. The van der Waals surface area contributed by atoms with Crippen molar-refractivity contribution < 1.29 is 0 Å². The zero-order valence-corrected chi connectivity index (χ0v) is 9.95. The highest BCUT2D eigenvalue weighted by molar-refractivity contribution is 5.77. The summed E-state index contributed by atoms with van der Waals surface area (Å²) < 4.78 is 0. The van der Waals surface area contributed by atoms with Crippen LogP contribution in [0.4, 0.5) is 0 Å². The molecule has 0 spiro atoms. The summed E-state index contributed by atoms with van der Waals surface area (Å²) in [5, 5.41) is 0. The fraction of sp³-hybridized carbons (Fsp3) is 0.250. The summed E-state index contributed by atoms with van der Waals surface area (Å²) in [5.41, 5.74) is 12.9. The van der Waals surface area contributed by atoms with Crippen LogP contribution in [-0.2, 0) is 12.8 Å². The van der Waals surface area contributed by atoms with E-state index in [2.05, 4.69) is 42.5 Å². The molecule has 0 unspecified atom stereocenters. The minimum atomic E-state index is 0.774. The number of aryl methyl sites for hydroxylation is 1. The first-order chi connectivity index (χ1) is 8.40. The molecule has 0 saturated heterocycles. The maximum Gasteiger partial charge on any atom is -0.00107 e.